The molecular weight excluding hydrogens is 126 g/mol. The molecule has 1 aliphatic rings. The number of aliphatic imine (C=N–C) groups is 1. The Labute approximate surface area is 62.3 Å². The fourth-order valence-electron chi connectivity index (χ4n) is 1.04. The Morgan fingerprint density at radius 2 is 1.70 bits per heavy atom. The van der Waals surface area contributed by atoms with E-state index in [0.717, 1.165) is 5.90 Å². The van der Waals surface area contributed by atoms with Crippen LogP contribution in [0.3, 0.4) is 0 Å². The maximum Gasteiger partial charge on any atom is 0.191 e. The largest absolute Gasteiger partial charge is 0.484 e. The van der Waals surface area contributed by atoms with Gasteiger partial charge in [-0.05, 0) is 27.7 Å². The molecular formula is C8H15NO. The van der Waals surface area contributed by atoms with Gasteiger partial charge in [0, 0.05) is 0 Å². The average Bonchev–Trinajstić information content (AvgIpc) is 1.83. The Bertz CT molecular complexity index is 180. The normalized spacial score (nSPS) is 26.7. The molecule has 58 valence electrons. The fourth-order valence-corrected chi connectivity index (χ4v) is 1.04. The number of methoxy groups -OCH3 is 1. The first-order valence-electron chi connectivity index (χ1n) is 3.56. The van der Waals surface area contributed by atoms with E-state index in [2.05, 4.69) is 32.7 Å². The summed E-state index contributed by atoms with van der Waals surface area (Å²) in [7, 11) is 1.68. The van der Waals surface area contributed by atoms with Crippen molar-refractivity contribution >= 4 is 5.90 Å². The quantitative estimate of drug-likeness (QED) is 0.504. The highest BCUT2D eigenvalue weighted by molar-refractivity contribution is 5.89. The summed E-state index contributed by atoms with van der Waals surface area (Å²) in [6, 6.07) is 0. The lowest BCUT2D eigenvalue weighted by atomic mass is 9.69. The monoisotopic (exact) mass is 141 g/mol. The van der Waals surface area contributed by atoms with Crippen LogP contribution in [-0.2, 0) is 4.74 Å². The average molecular weight is 141 g/mol. The Hall–Kier alpha value is -0.530. The second-order valence-electron chi connectivity index (χ2n) is 3.81. The molecule has 0 bridgehead atoms. The third-order valence-corrected chi connectivity index (χ3v) is 2.64. The number of hydrogen-bond donors (Lipinski definition) is 0. The number of nitrogens with zero attached hydrogens (tertiary/aromatic N) is 1. The second-order valence-corrected chi connectivity index (χ2v) is 3.81. The van der Waals surface area contributed by atoms with Gasteiger partial charge < -0.3 is 4.74 Å². The molecule has 1 aliphatic heterocycles. The van der Waals surface area contributed by atoms with Crippen molar-refractivity contribution in [2.45, 2.75) is 33.2 Å². The van der Waals surface area contributed by atoms with Crippen molar-refractivity contribution in [3.63, 3.8) is 0 Å². The zero-order chi connectivity index (χ0) is 7.99. The molecule has 0 spiro atoms. The van der Waals surface area contributed by atoms with E-state index in [1.165, 1.54) is 0 Å². The van der Waals surface area contributed by atoms with Gasteiger partial charge in [0.05, 0.1) is 18.1 Å². The molecule has 0 saturated heterocycles. The Morgan fingerprint density at radius 3 is 1.80 bits per heavy atom. The second kappa shape index (κ2) is 1.74. The summed E-state index contributed by atoms with van der Waals surface area (Å²) in [5, 5.41) is 0. The summed E-state index contributed by atoms with van der Waals surface area (Å²) in [6.45, 7) is 8.54. The van der Waals surface area contributed by atoms with Gasteiger partial charge in [0.15, 0.2) is 5.90 Å². The molecule has 1 rings (SSSR count). The van der Waals surface area contributed by atoms with Crippen LogP contribution in [0.15, 0.2) is 4.99 Å². The molecule has 10 heavy (non-hydrogen) atoms. The van der Waals surface area contributed by atoms with Gasteiger partial charge in [-0.1, -0.05) is 0 Å². The van der Waals surface area contributed by atoms with E-state index in [1.807, 2.05) is 0 Å². The highest BCUT2D eigenvalue weighted by atomic mass is 16.5. The van der Waals surface area contributed by atoms with Gasteiger partial charge in [0.2, 0.25) is 0 Å². The minimum Gasteiger partial charge on any atom is -0.484 e. The number of rotatable bonds is 0. The molecule has 0 N–H and O–H groups in total. The number of ether oxygens (including phenoxy) is 1. The van der Waals surface area contributed by atoms with Crippen LogP contribution in [0.2, 0.25) is 0 Å². The van der Waals surface area contributed by atoms with Gasteiger partial charge in [-0.25, -0.2) is 4.99 Å². The predicted octanol–water partition coefficient (Wildman–Crippen LogP) is 1.85. The SMILES string of the molecule is COC1=NC(C)(C)C1(C)C. The zero-order valence-electron chi connectivity index (χ0n) is 7.36. The van der Waals surface area contributed by atoms with E-state index in [-0.39, 0.29) is 11.0 Å². The van der Waals surface area contributed by atoms with Gasteiger partial charge in [-0.15, -0.1) is 0 Å². The summed E-state index contributed by atoms with van der Waals surface area (Å²) in [4.78, 5) is 4.32. The van der Waals surface area contributed by atoms with Crippen LogP contribution >= 0.6 is 0 Å². The third kappa shape index (κ3) is 0.678. The van der Waals surface area contributed by atoms with Gasteiger partial charge >= 0.3 is 0 Å². The third-order valence-electron chi connectivity index (χ3n) is 2.64. The van der Waals surface area contributed by atoms with Crippen LogP contribution in [0.4, 0.5) is 0 Å². The van der Waals surface area contributed by atoms with Crippen LogP contribution in [0.5, 0.6) is 0 Å². The lowest BCUT2D eigenvalue weighted by Gasteiger charge is -2.46. The predicted molar refractivity (Wildman–Crippen MR) is 42.3 cm³/mol. The molecule has 0 unspecified atom stereocenters. The van der Waals surface area contributed by atoms with Crippen molar-refractivity contribution in [3.05, 3.63) is 0 Å². The molecule has 0 aromatic heterocycles. The molecule has 0 radical (unpaired) electrons. The van der Waals surface area contributed by atoms with Crippen LogP contribution in [0.25, 0.3) is 0 Å². The van der Waals surface area contributed by atoms with Gasteiger partial charge in [-0.3, -0.25) is 0 Å². The van der Waals surface area contributed by atoms with Gasteiger partial charge in [0.25, 0.3) is 0 Å². The first-order chi connectivity index (χ1) is 4.42. The summed E-state index contributed by atoms with van der Waals surface area (Å²) in [5.74, 6) is 0.873. The summed E-state index contributed by atoms with van der Waals surface area (Å²) in [6.07, 6.45) is 0. The van der Waals surface area contributed by atoms with Crippen molar-refractivity contribution in [2.24, 2.45) is 10.4 Å². The first kappa shape index (κ1) is 7.58. The lowest BCUT2D eigenvalue weighted by Crippen LogP contribution is -2.53. The fraction of sp³-hybridized carbons (Fsp3) is 0.875. The summed E-state index contributed by atoms with van der Waals surface area (Å²) in [5.41, 5.74) is 0.167. The first-order valence-corrected chi connectivity index (χ1v) is 3.56. The standard InChI is InChI=1S/C8H15NO/c1-7(2)6(10-5)9-8(7,3)4/h1-5H3. The zero-order valence-corrected chi connectivity index (χ0v) is 7.36. The van der Waals surface area contributed by atoms with E-state index >= 15 is 0 Å². The van der Waals surface area contributed by atoms with Crippen LogP contribution in [0.1, 0.15) is 27.7 Å². The molecule has 0 fully saturated rings. The van der Waals surface area contributed by atoms with Crippen LogP contribution in [-0.4, -0.2) is 18.5 Å². The highest BCUT2D eigenvalue weighted by Crippen LogP contribution is 2.43. The van der Waals surface area contributed by atoms with Crippen molar-refractivity contribution in [2.75, 3.05) is 7.11 Å². The molecule has 0 atom stereocenters. The molecule has 2 heteroatoms. The Balaban J connectivity index is 2.87. The number of hydrogen-bond acceptors (Lipinski definition) is 2. The maximum absolute atomic E-state index is 5.09. The van der Waals surface area contributed by atoms with Gasteiger partial charge in [-0.2, -0.15) is 0 Å². The molecule has 0 aromatic rings. The van der Waals surface area contributed by atoms with Crippen molar-refractivity contribution < 1.29 is 4.74 Å². The maximum atomic E-state index is 5.09. The molecule has 0 amide bonds. The Kier molecular flexibility index (Phi) is 1.32. The highest BCUT2D eigenvalue weighted by Gasteiger charge is 2.50. The minimum absolute atomic E-state index is 0.0539. The van der Waals surface area contributed by atoms with Gasteiger partial charge in [0.1, 0.15) is 0 Å². The van der Waals surface area contributed by atoms with E-state index in [9.17, 15) is 0 Å². The van der Waals surface area contributed by atoms with Crippen molar-refractivity contribution in [1.82, 2.24) is 0 Å². The molecule has 2 nitrogen and oxygen atoms in total. The minimum atomic E-state index is 0.0539. The Morgan fingerprint density at radius 1 is 1.20 bits per heavy atom. The topological polar surface area (TPSA) is 21.6 Å². The smallest absolute Gasteiger partial charge is 0.191 e. The van der Waals surface area contributed by atoms with E-state index < -0.39 is 0 Å². The molecule has 1 heterocycles. The van der Waals surface area contributed by atoms with Crippen molar-refractivity contribution in [1.29, 1.82) is 0 Å². The van der Waals surface area contributed by atoms with Crippen molar-refractivity contribution in [3.8, 4) is 0 Å². The van der Waals surface area contributed by atoms with E-state index in [0.29, 0.717) is 0 Å². The summed E-state index contributed by atoms with van der Waals surface area (Å²) >= 11 is 0. The molecule has 0 aliphatic carbocycles. The van der Waals surface area contributed by atoms with E-state index in [1.54, 1.807) is 7.11 Å². The van der Waals surface area contributed by atoms with E-state index in [4.69, 9.17) is 4.74 Å². The summed E-state index contributed by atoms with van der Waals surface area (Å²) < 4.78 is 5.09. The van der Waals surface area contributed by atoms with Crippen LogP contribution < -0.4 is 0 Å². The molecule has 0 saturated carbocycles. The molecule has 0 aromatic carbocycles. The van der Waals surface area contributed by atoms with Crippen LogP contribution in [0, 0.1) is 5.41 Å². The lowest BCUT2D eigenvalue weighted by molar-refractivity contribution is 0.177.